The zero-order valence-corrected chi connectivity index (χ0v) is 26.2. The molecule has 4 rings (SSSR count). The zero-order chi connectivity index (χ0) is 31.6. The maximum atomic E-state index is 13.7. The topological polar surface area (TPSA) is 90.9 Å². The molecule has 0 heterocycles. The largest absolute Gasteiger partial charge is 0.497 e. The van der Waals surface area contributed by atoms with Gasteiger partial charge in [0, 0.05) is 30.8 Å². The highest BCUT2D eigenvalue weighted by Gasteiger charge is 2.25. The van der Waals surface area contributed by atoms with Crippen molar-refractivity contribution in [2.24, 2.45) is 0 Å². The molecule has 2 amide bonds. The van der Waals surface area contributed by atoms with Crippen LogP contribution in [-0.2, 0) is 6.42 Å². The lowest BCUT2D eigenvalue weighted by Gasteiger charge is -2.27. The first-order valence-electron chi connectivity index (χ1n) is 15.0. The molecule has 0 spiro atoms. The van der Waals surface area contributed by atoms with Gasteiger partial charge in [0.1, 0.15) is 5.75 Å². The van der Waals surface area contributed by atoms with E-state index in [2.05, 4.69) is 10.6 Å². The van der Waals surface area contributed by atoms with Crippen LogP contribution in [0.15, 0.2) is 103 Å². The molecule has 4 aromatic carbocycles. The summed E-state index contributed by atoms with van der Waals surface area (Å²) in [4.78, 5) is 28.8. The van der Waals surface area contributed by atoms with Gasteiger partial charge in [-0.2, -0.15) is 0 Å². The molecule has 0 aliphatic rings. The van der Waals surface area contributed by atoms with E-state index in [-0.39, 0.29) is 30.4 Å². The van der Waals surface area contributed by atoms with Crippen LogP contribution in [0, 0.1) is 6.92 Å². The Morgan fingerprint density at radius 3 is 2.16 bits per heavy atom. The number of carbonyl (C=O) groups excluding carboxylic acids is 2. The van der Waals surface area contributed by atoms with Crippen molar-refractivity contribution >= 4 is 11.8 Å². The summed E-state index contributed by atoms with van der Waals surface area (Å²) in [5, 5.41) is 17.8. The minimum absolute atomic E-state index is 0.0477. The monoisotopic (exact) mass is 593 g/mol. The molecular weight excluding hydrogens is 550 g/mol. The Bertz CT molecular complexity index is 1530. The lowest BCUT2D eigenvalue weighted by Crippen LogP contribution is -2.49. The van der Waals surface area contributed by atoms with Crippen molar-refractivity contribution in [2.75, 3.05) is 20.7 Å². The van der Waals surface area contributed by atoms with Gasteiger partial charge in [-0.05, 0) is 79.8 Å². The number of aryl methyl sites for hydroxylation is 1. The lowest BCUT2D eigenvalue weighted by atomic mass is 9.99. The van der Waals surface area contributed by atoms with E-state index in [9.17, 15) is 14.7 Å². The lowest BCUT2D eigenvalue weighted by molar-refractivity contribution is 0.0742. The van der Waals surface area contributed by atoms with Crippen LogP contribution in [0.2, 0.25) is 0 Å². The SMILES string of the molecule is COc1cccc(C(C)NC[C@@H](O)[C@H](Cc2ccccc2)NC(=O)c2cc(C)cc(C(=O)N(C)[C@H](C)c3ccccc3)c2)c1. The smallest absolute Gasteiger partial charge is 0.254 e. The molecule has 0 saturated carbocycles. The third-order valence-corrected chi connectivity index (χ3v) is 8.08. The highest BCUT2D eigenvalue weighted by atomic mass is 16.5. The second-order valence-corrected chi connectivity index (χ2v) is 11.3. The standard InChI is InChI=1S/C37H43N3O4/c1-25-19-31(22-32(20-25)37(43)40(4)27(3)29-15-10-7-11-16-29)36(42)39-34(21-28-13-8-6-9-14-28)35(41)24-38-26(2)30-17-12-18-33(23-30)44-5/h6-20,22-23,26-27,34-35,38,41H,21,24H2,1-5H3,(H,39,42)/t26?,27-,34+,35-/m1/s1. The Balaban J connectivity index is 1.50. The molecule has 7 heteroatoms. The van der Waals surface area contributed by atoms with Gasteiger partial charge in [0.05, 0.1) is 25.3 Å². The van der Waals surface area contributed by atoms with Crippen LogP contribution >= 0.6 is 0 Å². The van der Waals surface area contributed by atoms with Gasteiger partial charge in [-0.3, -0.25) is 9.59 Å². The van der Waals surface area contributed by atoms with Crippen LogP contribution in [0.5, 0.6) is 5.75 Å². The Morgan fingerprint density at radius 1 is 0.841 bits per heavy atom. The number of ether oxygens (including phenoxy) is 1. The van der Waals surface area contributed by atoms with Gasteiger partial charge in [-0.15, -0.1) is 0 Å². The predicted octanol–water partition coefficient (Wildman–Crippen LogP) is 5.89. The third-order valence-electron chi connectivity index (χ3n) is 8.08. The number of rotatable bonds is 13. The fourth-order valence-electron chi connectivity index (χ4n) is 5.24. The molecule has 230 valence electrons. The summed E-state index contributed by atoms with van der Waals surface area (Å²) < 4.78 is 5.35. The van der Waals surface area contributed by atoms with Crippen LogP contribution in [0.25, 0.3) is 0 Å². The number of benzene rings is 4. The highest BCUT2D eigenvalue weighted by Crippen LogP contribution is 2.22. The number of hydrogen-bond acceptors (Lipinski definition) is 5. The van der Waals surface area contributed by atoms with E-state index in [0.717, 1.165) is 28.0 Å². The number of aliphatic hydroxyl groups excluding tert-OH is 1. The fourth-order valence-corrected chi connectivity index (χ4v) is 5.24. The molecule has 0 aromatic heterocycles. The van der Waals surface area contributed by atoms with Gasteiger partial charge in [-0.1, -0.05) is 72.8 Å². The fraction of sp³-hybridized carbons (Fsp3) is 0.297. The van der Waals surface area contributed by atoms with Crippen LogP contribution < -0.4 is 15.4 Å². The third kappa shape index (κ3) is 8.56. The average Bonchev–Trinajstić information content (AvgIpc) is 3.06. The minimum Gasteiger partial charge on any atom is -0.497 e. The number of nitrogens with zero attached hydrogens (tertiary/aromatic N) is 1. The Hall–Kier alpha value is -4.46. The maximum absolute atomic E-state index is 13.7. The number of methoxy groups -OCH3 is 1. The predicted molar refractivity (Wildman–Crippen MR) is 175 cm³/mol. The molecule has 0 bridgehead atoms. The molecule has 0 radical (unpaired) electrons. The molecule has 0 aliphatic heterocycles. The molecule has 3 N–H and O–H groups in total. The van der Waals surface area contributed by atoms with Crippen LogP contribution in [0.1, 0.15) is 68.9 Å². The first-order chi connectivity index (χ1) is 21.2. The summed E-state index contributed by atoms with van der Waals surface area (Å²) in [6.07, 6.45) is -0.436. The number of carbonyl (C=O) groups is 2. The molecular formula is C37H43N3O4. The Labute approximate surface area is 260 Å². The Morgan fingerprint density at radius 2 is 1.48 bits per heavy atom. The van der Waals surface area contributed by atoms with Gasteiger partial charge in [0.25, 0.3) is 11.8 Å². The van der Waals surface area contributed by atoms with E-state index >= 15 is 0 Å². The summed E-state index contributed by atoms with van der Waals surface area (Å²) in [5.74, 6) is 0.251. The average molecular weight is 594 g/mol. The van der Waals surface area contributed by atoms with E-state index < -0.39 is 12.1 Å². The van der Waals surface area contributed by atoms with Crippen molar-refractivity contribution in [1.82, 2.24) is 15.5 Å². The van der Waals surface area contributed by atoms with Crippen molar-refractivity contribution in [3.05, 3.63) is 137 Å². The van der Waals surface area contributed by atoms with E-state index in [1.54, 1.807) is 37.3 Å². The van der Waals surface area contributed by atoms with Crippen molar-refractivity contribution in [1.29, 1.82) is 0 Å². The maximum Gasteiger partial charge on any atom is 0.254 e. The van der Waals surface area contributed by atoms with Gasteiger partial charge in [-0.25, -0.2) is 0 Å². The molecule has 1 unspecified atom stereocenters. The van der Waals surface area contributed by atoms with Gasteiger partial charge in [0.2, 0.25) is 0 Å². The summed E-state index contributed by atoms with van der Waals surface area (Å²) in [5.41, 5.74) is 4.67. The van der Waals surface area contributed by atoms with Gasteiger partial charge >= 0.3 is 0 Å². The second-order valence-electron chi connectivity index (χ2n) is 11.3. The molecule has 4 aromatic rings. The van der Waals surface area contributed by atoms with E-state index in [0.29, 0.717) is 17.5 Å². The van der Waals surface area contributed by atoms with E-state index in [1.165, 1.54) is 0 Å². The first-order valence-corrected chi connectivity index (χ1v) is 15.0. The number of amides is 2. The van der Waals surface area contributed by atoms with Gasteiger partial charge < -0.3 is 25.4 Å². The number of hydrogen-bond donors (Lipinski definition) is 3. The quantitative estimate of drug-likeness (QED) is 0.180. The highest BCUT2D eigenvalue weighted by molar-refractivity contribution is 6.00. The normalized spacial score (nSPS) is 13.8. The van der Waals surface area contributed by atoms with Crippen LogP contribution in [0.3, 0.4) is 0 Å². The number of aliphatic hydroxyl groups is 1. The van der Waals surface area contributed by atoms with E-state index in [4.69, 9.17) is 4.74 Å². The molecule has 4 atom stereocenters. The number of nitrogens with one attached hydrogen (secondary N) is 2. The molecule has 7 nitrogen and oxygen atoms in total. The summed E-state index contributed by atoms with van der Waals surface area (Å²) in [6.45, 7) is 6.13. The van der Waals surface area contributed by atoms with E-state index in [1.807, 2.05) is 106 Å². The second kappa shape index (κ2) is 15.3. The Kier molecular flexibility index (Phi) is 11.3. The van der Waals surface area contributed by atoms with Crippen LogP contribution in [0.4, 0.5) is 0 Å². The van der Waals surface area contributed by atoms with Crippen molar-refractivity contribution in [3.8, 4) is 5.75 Å². The minimum atomic E-state index is -0.879. The zero-order valence-electron chi connectivity index (χ0n) is 26.2. The molecule has 0 aliphatic carbocycles. The summed E-state index contributed by atoms with van der Waals surface area (Å²) in [7, 11) is 3.41. The summed E-state index contributed by atoms with van der Waals surface area (Å²) in [6, 6.07) is 31.8. The van der Waals surface area contributed by atoms with Crippen molar-refractivity contribution in [2.45, 2.75) is 51.4 Å². The van der Waals surface area contributed by atoms with Gasteiger partial charge in [0.15, 0.2) is 0 Å². The summed E-state index contributed by atoms with van der Waals surface area (Å²) >= 11 is 0. The molecule has 0 saturated heterocycles. The van der Waals surface area contributed by atoms with Crippen LogP contribution in [-0.4, -0.2) is 54.7 Å². The van der Waals surface area contributed by atoms with Crippen molar-refractivity contribution in [3.63, 3.8) is 0 Å². The molecule has 44 heavy (non-hydrogen) atoms. The van der Waals surface area contributed by atoms with Crippen molar-refractivity contribution < 1.29 is 19.4 Å². The first kappa shape index (κ1) is 32.5. The molecule has 0 fully saturated rings.